The SMILES string of the molecule is COc1ccccc1OC1CCCN(C(=O)CCNS(=O)(=O)c2cccnc2)C1. The largest absolute Gasteiger partial charge is 0.493 e. The number of piperidine rings is 1. The molecule has 1 aromatic carbocycles. The molecule has 8 nitrogen and oxygen atoms in total. The van der Waals surface area contributed by atoms with Crippen molar-refractivity contribution in [1.82, 2.24) is 14.6 Å². The fraction of sp³-hybridized carbons (Fsp3) is 0.400. The minimum atomic E-state index is -3.67. The average Bonchev–Trinajstić information content (AvgIpc) is 2.75. The molecular weight excluding hydrogens is 394 g/mol. The quantitative estimate of drug-likeness (QED) is 0.701. The number of likely N-dealkylation sites (tertiary alicyclic amines) is 1. The molecule has 0 saturated carbocycles. The number of carbonyl (C=O) groups is 1. The highest BCUT2D eigenvalue weighted by Crippen LogP contribution is 2.28. The maximum absolute atomic E-state index is 12.5. The van der Waals surface area contributed by atoms with E-state index in [4.69, 9.17) is 9.47 Å². The van der Waals surface area contributed by atoms with Gasteiger partial charge in [-0.1, -0.05) is 12.1 Å². The summed E-state index contributed by atoms with van der Waals surface area (Å²) in [5, 5.41) is 0. The topological polar surface area (TPSA) is 97.8 Å². The molecule has 1 fully saturated rings. The molecule has 1 saturated heterocycles. The van der Waals surface area contributed by atoms with Crippen LogP contribution >= 0.6 is 0 Å². The second-order valence-corrected chi connectivity index (χ2v) is 8.48. The molecule has 1 amide bonds. The van der Waals surface area contributed by atoms with Gasteiger partial charge in [0.2, 0.25) is 15.9 Å². The first-order valence-electron chi connectivity index (χ1n) is 9.47. The summed E-state index contributed by atoms with van der Waals surface area (Å²) in [4.78, 5) is 18.1. The summed E-state index contributed by atoms with van der Waals surface area (Å²) in [6.07, 6.45) is 4.40. The van der Waals surface area contributed by atoms with Crippen molar-refractivity contribution in [2.75, 3.05) is 26.7 Å². The van der Waals surface area contributed by atoms with Crippen LogP contribution in [0.25, 0.3) is 0 Å². The third-order valence-corrected chi connectivity index (χ3v) is 6.12. The van der Waals surface area contributed by atoms with E-state index in [2.05, 4.69) is 9.71 Å². The van der Waals surface area contributed by atoms with E-state index in [1.807, 2.05) is 24.3 Å². The minimum absolute atomic E-state index is 0.0323. The van der Waals surface area contributed by atoms with Crippen LogP contribution in [0.3, 0.4) is 0 Å². The third-order valence-electron chi connectivity index (χ3n) is 4.67. The highest BCUT2D eigenvalue weighted by Gasteiger charge is 2.25. The van der Waals surface area contributed by atoms with Crippen molar-refractivity contribution >= 4 is 15.9 Å². The number of sulfonamides is 1. The van der Waals surface area contributed by atoms with Gasteiger partial charge >= 0.3 is 0 Å². The van der Waals surface area contributed by atoms with Gasteiger partial charge < -0.3 is 14.4 Å². The van der Waals surface area contributed by atoms with Gasteiger partial charge in [-0.2, -0.15) is 0 Å². The molecule has 2 aromatic rings. The first-order chi connectivity index (χ1) is 14.0. The molecule has 1 unspecified atom stereocenters. The lowest BCUT2D eigenvalue weighted by Crippen LogP contribution is -2.45. The van der Waals surface area contributed by atoms with Crippen LogP contribution in [0.15, 0.2) is 53.7 Å². The highest BCUT2D eigenvalue weighted by atomic mass is 32.2. The van der Waals surface area contributed by atoms with Crippen molar-refractivity contribution in [3.05, 3.63) is 48.8 Å². The smallest absolute Gasteiger partial charge is 0.242 e. The van der Waals surface area contributed by atoms with Gasteiger partial charge in [0.05, 0.1) is 13.7 Å². The minimum Gasteiger partial charge on any atom is -0.493 e. The summed E-state index contributed by atoms with van der Waals surface area (Å²) in [6.45, 7) is 1.14. The molecule has 3 rings (SSSR count). The Balaban J connectivity index is 1.51. The fourth-order valence-corrected chi connectivity index (χ4v) is 4.19. The second kappa shape index (κ2) is 9.71. The number of carbonyl (C=O) groups excluding carboxylic acids is 1. The zero-order chi connectivity index (χ0) is 20.7. The Labute approximate surface area is 170 Å². The first-order valence-corrected chi connectivity index (χ1v) is 10.9. The third kappa shape index (κ3) is 5.68. The molecule has 2 heterocycles. The monoisotopic (exact) mass is 419 g/mol. The molecule has 0 bridgehead atoms. The predicted molar refractivity (Wildman–Crippen MR) is 107 cm³/mol. The van der Waals surface area contributed by atoms with Gasteiger partial charge in [0, 0.05) is 31.9 Å². The maximum atomic E-state index is 12.5. The van der Waals surface area contributed by atoms with E-state index in [0.29, 0.717) is 24.6 Å². The van der Waals surface area contributed by atoms with Gasteiger partial charge in [-0.15, -0.1) is 0 Å². The zero-order valence-electron chi connectivity index (χ0n) is 16.3. The number of hydrogen-bond acceptors (Lipinski definition) is 6. The number of benzene rings is 1. The molecular formula is C20H25N3O5S. The van der Waals surface area contributed by atoms with Gasteiger partial charge in [0.25, 0.3) is 0 Å². The van der Waals surface area contributed by atoms with E-state index in [1.54, 1.807) is 18.1 Å². The molecule has 0 aliphatic carbocycles. The van der Waals surface area contributed by atoms with Gasteiger partial charge in [0.15, 0.2) is 11.5 Å². The number of hydrogen-bond donors (Lipinski definition) is 1. The lowest BCUT2D eigenvalue weighted by Gasteiger charge is -2.33. The summed E-state index contributed by atoms with van der Waals surface area (Å²) >= 11 is 0. The molecule has 1 aliphatic heterocycles. The Morgan fingerprint density at radius 3 is 2.76 bits per heavy atom. The Kier molecular flexibility index (Phi) is 7.05. The maximum Gasteiger partial charge on any atom is 0.242 e. The number of rotatable bonds is 8. The Hall–Kier alpha value is -2.65. The standard InChI is InChI=1S/C20H25N3O5S/c1-27-18-8-2-3-9-19(18)28-16-6-5-13-23(15-16)20(24)10-12-22-29(25,26)17-7-4-11-21-14-17/h2-4,7-9,11,14,16,22H,5-6,10,12-13,15H2,1H3. The Morgan fingerprint density at radius 2 is 2.03 bits per heavy atom. The van der Waals surface area contributed by atoms with E-state index >= 15 is 0 Å². The van der Waals surface area contributed by atoms with E-state index in [9.17, 15) is 13.2 Å². The van der Waals surface area contributed by atoms with Gasteiger partial charge in [-0.05, 0) is 37.1 Å². The number of para-hydroxylation sites is 2. The van der Waals surface area contributed by atoms with Crippen LogP contribution in [0.4, 0.5) is 0 Å². The van der Waals surface area contributed by atoms with Crippen molar-refractivity contribution in [1.29, 1.82) is 0 Å². The number of aromatic nitrogens is 1. The zero-order valence-corrected chi connectivity index (χ0v) is 17.1. The van der Waals surface area contributed by atoms with Gasteiger partial charge in [0.1, 0.15) is 11.0 Å². The van der Waals surface area contributed by atoms with Gasteiger partial charge in [-0.25, -0.2) is 13.1 Å². The van der Waals surface area contributed by atoms with Crippen molar-refractivity contribution < 1.29 is 22.7 Å². The molecule has 29 heavy (non-hydrogen) atoms. The Bertz CT molecular complexity index is 921. The van der Waals surface area contributed by atoms with E-state index < -0.39 is 10.0 Å². The number of ether oxygens (including phenoxy) is 2. The van der Waals surface area contributed by atoms with Crippen LogP contribution in [0.2, 0.25) is 0 Å². The highest BCUT2D eigenvalue weighted by molar-refractivity contribution is 7.89. The van der Waals surface area contributed by atoms with E-state index in [-0.39, 0.29) is 29.9 Å². The molecule has 1 aliphatic rings. The van der Waals surface area contributed by atoms with Crippen molar-refractivity contribution in [3.8, 4) is 11.5 Å². The molecule has 9 heteroatoms. The van der Waals surface area contributed by atoms with Crippen molar-refractivity contribution in [2.24, 2.45) is 0 Å². The molecule has 1 atom stereocenters. The number of nitrogens with one attached hydrogen (secondary N) is 1. The summed E-state index contributed by atoms with van der Waals surface area (Å²) in [6, 6.07) is 10.4. The number of nitrogens with zero attached hydrogens (tertiary/aromatic N) is 2. The second-order valence-electron chi connectivity index (χ2n) is 6.71. The summed E-state index contributed by atoms with van der Waals surface area (Å²) in [5.41, 5.74) is 0. The summed E-state index contributed by atoms with van der Waals surface area (Å²) in [7, 11) is -2.08. The van der Waals surface area contributed by atoms with E-state index in [0.717, 1.165) is 12.8 Å². The average molecular weight is 420 g/mol. The van der Waals surface area contributed by atoms with Crippen LogP contribution in [0.5, 0.6) is 11.5 Å². The molecule has 1 aromatic heterocycles. The number of amides is 1. The van der Waals surface area contributed by atoms with Gasteiger partial charge in [-0.3, -0.25) is 9.78 Å². The first kappa shape index (κ1) is 21.1. The molecule has 1 N–H and O–H groups in total. The lowest BCUT2D eigenvalue weighted by atomic mass is 10.1. The lowest BCUT2D eigenvalue weighted by molar-refractivity contribution is -0.133. The van der Waals surface area contributed by atoms with Crippen LogP contribution < -0.4 is 14.2 Å². The van der Waals surface area contributed by atoms with E-state index in [1.165, 1.54) is 18.5 Å². The number of methoxy groups -OCH3 is 1. The summed E-state index contributed by atoms with van der Waals surface area (Å²) < 4.78 is 38.2. The summed E-state index contributed by atoms with van der Waals surface area (Å²) in [5.74, 6) is 1.20. The van der Waals surface area contributed by atoms with Crippen LogP contribution in [0.1, 0.15) is 19.3 Å². The fourth-order valence-electron chi connectivity index (χ4n) is 3.20. The number of pyridine rings is 1. The van der Waals surface area contributed by atoms with Crippen LogP contribution in [-0.2, 0) is 14.8 Å². The normalized spacial score (nSPS) is 17.0. The molecule has 0 radical (unpaired) electrons. The van der Waals surface area contributed by atoms with Crippen molar-refractivity contribution in [2.45, 2.75) is 30.3 Å². The van der Waals surface area contributed by atoms with Crippen molar-refractivity contribution in [3.63, 3.8) is 0 Å². The molecule has 0 spiro atoms. The molecule has 156 valence electrons. The van der Waals surface area contributed by atoms with Crippen LogP contribution in [-0.4, -0.2) is 57.1 Å². The predicted octanol–water partition coefficient (Wildman–Crippen LogP) is 1.83. The Morgan fingerprint density at radius 1 is 1.24 bits per heavy atom. The van der Waals surface area contributed by atoms with Crippen LogP contribution in [0, 0.1) is 0 Å².